The van der Waals surface area contributed by atoms with Crippen LogP contribution in [0.2, 0.25) is 0 Å². The smallest absolute Gasteiger partial charge is 0.0209 e. The van der Waals surface area contributed by atoms with E-state index < -0.39 is 0 Å². The minimum Gasteiger partial charge on any atom is -0.200 e. The van der Waals surface area contributed by atoms with Crippen LogP contribution in [0.5, 0.6) is 0 Å². The van der Waals surface area contributed by atoms with Gasteiger partial charge in [-0.3, -0.25) is 0 Å². The fourth-order valence-electron chi connectivity index (χ4n) is 1.96. The van der Waals surface area contributed by atoms with Crippen LogP contribution < -0.4 is 0 Å². The molecule has 0 spiro atoms. The molecule has 100 valence electrons. The summed E-state index contributed by atoms with van der Waals surface area (Å²) in [5, 5.41) is 0. The first-order valence-corrected chi connectivity index (χ1v) is 9.13. The third-order valence-electron chi connectivity index (χ3n) is 3.00. The topological polar surface area (TPSA) is 0 Å². The van der Waals surface area contributed by atoms with E-state index in [4.69, 9.17) is 0 Å². The third kappa shape index (κ3) is 3.91. The zero-order chi connectivity index (χ0) is 13.7. The van der Waals surface area contributed by atoms with Gasteiger partial charge < -0.3 is 0 Å². The highest BCUT2D eigenvalue weighted by Gasteiger charge is 2.05. The number of thiol groups is 2. The highest BCUT2D eigenvalue weighted by Crippen LogP contribution is 2.26. The maximum absolute atomic E-state index is 4.49. The molecular weight excluding hydrogens is 288 g/mol. The molecule has 0 heterocycles. The van der Waals surface area contributed by atoms with Crippen LogP contribution in [0.25, 0.3) is 0 Å². The molecule has 0 N–H and O–H groups in total. The molecule has 0 radical (unpaired) electrons. The van der Waals surface area contributed by atoms with Crippen molar-refractivity contribution in [3.63, 3.8) is 0 Å². The molecule has 0 bridgehead atoms. The van der Waals surface area contributed by atoms with Gasteiger partial charge in [-0.25, -0.2) is 0 Å². The van der Waals surface area contributed by atoms with Gasteiger partial charge in [0.1, 0.15) is 0 Å². The number of thioether (sulfide) groups is 1. The zero-order valence-corrected chi connectivity index (χ0v) is 13.7. The lowest BCUT2D eigenvalue weighted by Gasteiger charge is -2.10. The van der Waals surface area contributed by atoms with Crippen molar-refractivity contribution < 1.29 is 0 Å². The second kappa shape index (κ2) is 7.22. The Hall–Kier alpha value is -0.640. The Bertz CT molecular complexity index is 574. The zero-order valence-electron chi connectivity index (χ0n) is 11.1. The summed E-state index contributed by atoms with van der Waals surface area (Å²) in [6.45, 7) is 0. The molecule has 0 saturated carbocycles. The summed E-state index contributed by atoms with van der Waals surface area (Å²) in [6, 6.07) is 17.2. The number of hydrogen-bond acceptors (Lipinski definition) is 2. The highest BCUT2D eigenvalue weighted by atomic mass is 32.2. The Kier molecular flexibility index (Phi) is 5.61. The van der Waals surface area contributed by atoms with Crippen molar-refractivity contribution in [2.24, 2.45) is 0 Å². The summed E-state index contributed by atoms with van der Waals surface area (Å²) >= 11 is 7.57. The predicted octanol–water partition coefficient (Wildman–Crippen LogP) is 4.56. The Balaban J connectivity index is 2.28. The molecule has 0 nitrogen and oxygen atoms in total. The quantitative estimate of drug-likeness (QED) is 0.361. The molecule has 0 fully saturated rings. The van der Waals surface area contributed by atoms with Gasteiger partial charge in [0.25, 0.3) is 0 Å². The first-order valence-electron chi connectivity index (χ1n) is 6.11. The second-order valence-corrected chi connectivity index (χ2v) is 6.54. The van der Waals surface area contributed by atoms with Crippen LogP contribution in [0, 0.1) is 0 Å². The molecule has 0 aliphatic heterocycles. The molecule has 0 saturated heterocycles. The van der Waals surface area contributed by atoms with Crippen LogP contribution in [-0.4, -0.2) is 17.4 Å². The van der Waals surface area contributed by atoms with Crippen molar-refractivity contribution in [3.8, 4) is 0 Å². The molecule has 2 rings (SSSR count). The van der Waals surface area contributed by atoms with Crippen LogP contribution in [0.1, 0.15) is 11.1 Å². The molecule has 0 atom stereocenters. The second-order valence-electron chi connectivity index (χ2n) is 4.22. The minimum absolute atomic E-state index is 1.01. The maximum atomic E-state index is 4.49. The molecule has 0 aliphatic rings. The van der Waals surface area contributed by atoms with E-state index in [0.29, 0.717) is 0 Å². The van der Waals surface area contributed by atoms with Gasteiger partial charge >= 0.3 is 0 Å². The normalized spacial score (nSPS) is 12.1. The van der Waals surface area contributed by atoms with E-state index in [9.17, 15) is 0 Å². The van der Waals surface area contributed by atoms with E-state index >= 15 is 0 Å². The fraction of sp³-hybridized carbons (Fsp3) is 0.188. The van der Waals surface area contributed by atoms with Gasteiger partial charge in [-0.05, 0) is 40.6 Å². The van der Waals surface area contributed by atoms with E-state index in [-0.39, 0.29) is 0 Å². The molecule has 0 unspecified atom stereocenters. The highest BCUT2D eigenvalue weighted by molar-refractivity contribution is 7.99. The van der Waals surface area contributed by atoms with Gasteiger partial charge in [0.2, 0.25) is 0 Å². The Morgan fingerprint density at radius 2 is 1.89 bits per heavy atom. The molecule has 2 aromatic rings. The van der Waals surface area contributed by atoms with Crippen molar-refractivity contribution in [1.82, 2.24) is 0 Å². The van der Waals surface area contributed by atoms with E-state index in [2.05, 4.69) is 73.7 Å². The molecular formula is C16H18S3. The molecule has 3 heteroatoms. The first-order chi connectivity index (χ1) is 9.24. The summed E-state index contributed by atoms with van der Waals surface area (Å²) in [4.78, 5) is 3.76. The van der Waals surface area contributed by atoms with Crippen molar-refractivity contribution in [3.05, 3.63) is 59.7 Å². The van der Waals surface area contributed by atoms with Gasteiger partial charge in [-0.2, -0.15) is 11.4 Å². The molecule has 0 aliphatic carbocycles. The summed E-state index contributed by atoms with van der Waals surface area (Å²) in [5.41, 5.74) is 2.70. The van der Waals surface area contributed by atoms with E-state index in [0.717, 1.165) is 11.3 Å². The lowest BCUT2D eigenvalue weighted by atomic mass is 10.0. The minimum atomic E-state index is 1.01. The SMILES string of the molecule is CSc1cc(C(Cc2ccccc2)=[SH]C)ccc1S. The van der Waals surface area contributed by atoms with E-state index in [1.807, 2.05) is 0 Å². The van der Waals surface area contributed by atoms with E-state index in [1.54, 1.807) is 11.8 Å². The molecule has 0 aromatic heterocycles. The largest absolute Gasteiger partial charge is 0.200 e. The Labute approximate surface area is 129 Å². The van der Waals surface area contributed by atoms with Gasteiger partial charge in [0.05, 0.1) is 0 Å². The van der Waals surface area contributed by atoms with Gasteiger partial charge in [-0.15, -0.1) is 24.4 Å². The Morgan fingerprint density at radius 1 is 1.16 bits per heavy atom. The van der Waals surface area contributed by atoms with Crippen molar-refractivity contribution >= 4 is 40.6 Å². The van der Waals surface area contributed by atoms with Crippen LogP contribution in [0.15, 0.2) is 58.3 Å². The molecule has 2 aromatic carbocycles. The third-order valence-corrected chi connectivity index (χ3v) is 5.27. The number of hydrogen-bond donors (Lipinski definition) is 2. The van der Waals surface area contributed by atoms with E-state index in [1.165, 1.54) is 32.2 Å². The van der Waals surface area contributed by atoms with Crippen LogP contribution in [-0.2, 0) is 6.42 Å². The lowest BCUT2D eigenvalue weighted by molar-refractivity contribution is 1.24. The van der Waals surface area contributed by atoms with Crippen molar-refractivity contribution in [2.75, 3.05) is 12.5 Å². The van der Waals surface area contributed by atoms with Crippen molar-refractivity contribution in [1.29, 1.82) is 0 Å². The van der Waals surface area contributed by atoms with Gasteiger partial charge in [-0.1, -0.05) is 36.4 Å². The summed E-state index contributed by atoms with van der Waals surface area (Å²) < 4.78 is 0. The fourth-order valence-corrected chi connectivity index (χ4v) is 3.63. The first kappa shape index (κ1) is 14.8. The molecule has 19 heavy (non-hydrogen) atoms. The Morgan fingerprint density at radius 3 is 2.53 bits per heavy atom. The van der Waals surface area contributed by atoms with Crippen LogP contribution in [0.3, 0.4) is 0 Å². The number of rotatable bonds is 4. The number of benzene rings is 2. The lowest BCUT2D eigenvalue weighted by Crippen LogP contribution is -2.03. The van der Waals surface area contributed by atoms with Crippen LogP contribution in [0.4, 0.5) is 0 Å². The predicted molar refractivity (Wildman–Crippen MR) is 94.6 cm³/mol. The monoisotopic (exact) mass is 306 g/mol. The summed E-state index contributed by atoms with van der Waals surface area (Å²) in [7, 11) is 0. The molecule has 0 amide bonds. The summed E-state index contributed by atoms with van der Waals surface area (Å²) in [6.07, 6.45) is 5.31. The van der Waals surface area contributed by atoms with Crippen molar-refractivity contribution in [2.45, 2.75) is 16.2 Å². The van der Waals surface area contributed by atoms with Crippen LogP contribution >= 0.6 is 35.7 Å². The standard InChI is InChI=1S/C16H18S3/c1-18-15(10-12-6-4-3-5-7-12)13-8-9-14(17)16(11-13)19-2/h3-9,11,17-18H,10H2,1-2H3. The summed E-state index contributed by atoms with van der Waals surface area (Å²) in [5.74, 6) is 0. The van der Waals surface area contributed by atoms with Gasteiger partial charge in [0, 0.05) is 16.2 Å². The average molecular weight is 307 g/mol. The maximum Gasteiger partial charge on any atom is 0.0209 e. The average Bonchev–Trinajstić information content (AvgIpc) is 2.46. The van der Waals surface area contributed by atoms with Gasteiger partial charge in [0.15, 0.2) is 0 Å².